The summed E-state index contributed by atoms with van der Waals surface area (Å²) in [6, 6.07) is 9.09. The number of fused-ring (bicyclic) bond motifs is 2. The number of rotatable bonds is 0. The zero-order valence-electron chi connectivity index (χ0n) is 8.78. The topological polar surface area (TPSA) is 20.3 Å². The quantitative estimate of drug-likeness (QED) is 0.637. The summed E-state index contributed by atoms with van der Waals surface area (Å²) in [7, 11) is 0. The van der Waals surface area contributed by atoms with Gasteiger partial charge in [0.2, 0.25) is 0 Å². The fourth-order valence-corrected chi connectivity index (χ4v) is 2.74. The molecule has 1 aromatic rings. The second kappa shape index (κ2) is 3.46. The van der Waals surface area contributed by atoms with Gasteiger partial charge in [-0.15, -0.1) is 0 Å². The lowest BCUT2D eigenvalue weighted by molar-refractivity contribution is -0.123. The van der Waals surface area contributed by atoms with Crippen molar-refractivity contribution in [3.63, 3.8) is 0 Å². The monoisotopic (exact) mass is 201 g/mol. The Morgan fingerprint density at radius 3 is 2.80 bits per heavy atom. The summed E-state index contributed by atoms with van der Waals surface area (Å²) in [6.45, 7) is 1.99. The first-order chi connectivity index (χ1) is 7.33. The van der Waals surface area contributed by atoms with Crippen LogP contribution in [0.5, 0.6) is 0 Å². The highest BCUT2D eigenvalue weighted by Gasteiger charge is 2.30. The Bertz CT molecular complexity index is 399. The molecule has 0 spiro atoms. The van der Waals surface area contributed by atoms with Crippen LogP contribution in [0.4, 0.5) is 0 Å². The molecule has 0 amide bonds. The van der Waals surface area contributed by atoms with Crippen LogP contribution in [-0.2, 0) is 17.8 Å². The van der Waals surface area contributed by atoms with Crippen LogP contribution in [0.3, 0.4) is 0 Å². The van der Waals surface area contributed by atoms with Crippen molar-refractivity contribution >= 4 is 5.78 Å². The molecule has 0 unspecified atom stereocenters. The number of benzene rings is 1. The van der Waals surface area contributed by atoms with E-state index in [0.29, 0.717) is 11.8 Å². The fraction of sp³-hybridized carbons (Fsp3) is 0.462. The van der Waals surface area contributed by atoms with E-state index in [1.807, 2.05) is 0 Å². The number of carbonyl (C=O) groups excluding carboxylic acids is 1. The van der Waals surface area contributed by atoms with Crippen LogP contribution < -0.4 is 0 Å². The minimum Gasteiger partial charge on any atom is -0.300 e. The molecule has 0 bridgehead atoms. The van der Waals surface area contributed by atoms with Gasteiger partial charge in [0.25, 0.3) is 0 Å². The van der Waals surface area contributed by atoms with Gasteiger partial charge in [-0.1, -0.05) is 24.3 Å². The van der Waals surface area contributed by atoms with Crippen molar-refractivity contribution in [2.45, 2.75) is 31.8 Å². The molecule has 0 N–H and O–H groups in total. The van der Waals surface area contributed by atoms with Crippen LogP contribution in [0.2, 0.25) is 0 Å². The Hall–Kier alpha value is -1.15. The van der Waals surface area contributed by atoms with Gasteiger partial charge < -0.3 is 0 Å². The van der Waals surface area contributed by atoms with Crippen molar-refractivity contribution in [3.05, 3.63) is 35.4 Å². The van der Waals surface area contributed by atoms with Crippen LogP contribution in [0.1, 0.15) is 24.0 Å². The Labute approximate surface area is 89.9 Å². The molecular formula is C13H15NO. The molecule has 1 fully saturated rings. The van der Waals surface area contributed by atoms with E-state index in [1.165, 1.54) is 11.1 Å². The van der Waals surface area contributed by atoms with Gasteiger partial charge in [0.05, 0.1) is 0 Å². The van der Waals surface area contributed by atoms with Crippen molar-refractivity contribution < 1.29 is 4.79 Å². The molecule has 0 saturated carbocycles. The molecular weight excluding hydrogens is 186 g/mol. The first kappa shape index (κ1) is 9.10. The van der Waals surface area contributed by atoms with Gasteiger partial charge in [0, 0.05) is 32.0 Å². The third kappa shape index (κ3) is 1.59. The van der Waals surface area contributed by atoms with Gasteiger partial charge in [-0.3, -0.25) is 9.69 Å². The van der Waals surface area contributed by atoms with E-state index < -0.39 is 0 Å². The van der Waals surface area contributed by atoms with Crippen molar-refractivity contribution in [2.24, 2.45) is 0 Å². The van der Waals surface area contributed by atoms with Gasteiger partial charge in [-0.25, -0.2) is 0 Å². The molecule has 1 saturated heterocycles. The average molecular weight is 201 g/mol. The first-order valence-corrected chi connectivity index (χ1v) is 5.65. The Morgan fingerprint density at radius 1 is 1.13 bits per heavy atom. The second-order valence-corrected chi connectivity index (χ2v) is 4.59. The summed E-state index contributed by atoms with van der Waals surface area (Å²) in [5.74, 6) is 0.440. The molecule has 78 valence electrons. The molecule has 3 rings (SSSR count). The smallest absolute Gasteiger partial charge is 0.135 e. The summed E-state index contributed by atoms with van der Waals surface area (Å²) in [5, 5.41) is 0. The zero-order chi connectivity index (χ0) is 10.3. The fourth-order valence-electron chi connectivity index (χ4n) is 2.74. The van der Waals surface area contributed by atoms with E-state index in [-0.39, 0.29) is 0 Å². The lowest BCUT2D eigenvalue weighted by Gasteiger charge is -2.39. The Kier molecular flexibility index (Phi) is 2.10. The molecule has 2 aliphatic rings. The lowest BCUT2D eigenvalue weighted by atomic mass is 9.88. The van der Waals surface area contributed by atoms with Crippen molar-refractivity contribution in [2.75, 3.05) is 6.54 Å². The third-order valence-corrected chi connectivity index (χ3v) is 3.60. The van der Waals surface area contributed by atoms with Crippen molar-refractivity contribution in [1.82, 2.24) is 4.90 Å². The third-order valence-electron chi connectivity index (χ3n) is 3.60. The summed E-state index contributed by atoms with van der Waals surface area (Å²) in [5.41, 5.74) is 2.89. The summed E-state index contributed by atoms with van der Waals surface area (Å²) >= 11 is 0. The number of carbonyl (C=O) groups is 1. The predicted octanol–water partition coefficient (Wildman–Crippen LogP) is 1.78. The maximum absolute atomic E-state index is 11.4. The normalized spacial score (nSPS) is 25.9. The lowest BCUT2D eigenvalue weighted by Crippen LogP contribution is -2.46. The van der Waals surface area contributed by atoms with Crippen LogP contribution in [-0.4, -0.2) is 23.3 Å². The largest absolute Gasteiger partial charge is 0.300 e. The molecule has 2 nitrogen and oxygen atoms in total. The van der Waals surface area contributed by atoms with Gasteiger partial charge >= 0.3 is 0 Å². The van der Waals surface area contributed by atoms with Crippen LogP contribution >= 0.6 is 0 Å². The molecule has 2 aliphatic heterocycles. The minimum absolute atomic E-state index is 0.440. The molecule has 1 aromatic carbocycles. The van der Waals surface area contributed by atoms with Crippen LogP contribution in [0, 0.1) is 0 Å². The van der Waals surface area contributed by atoms with Crippen LogP contribution in [0.15, 0.2) is 24.3 Å². The molecule has 15 heavy (non-hydrogen) atoms. The highest BCUT2D eigenvalue weighted by molar-refractivity contribution is 5.80. The van der Waals surface area contributed by atoms with E-state index in [1.54, 1.807) is 0 Å². The van der Waals surface area contributed by atoms with E-state index in [2.05, 4.69) is 29.2 Å². The van der Waals surface area contributed by atoms with E-state index in [4.69, 9.17) is 0 Å². The second-order valence-electron chi connectivity index (χ2n) is 4.59. The molecule has 2 heteroatoms. The highest BCUT2D eigenvalue weighted by atomic mass is 16.1. The Balaban J connectivity index is 1.90. The molecule has 2 heterocycles. The summed E-state index contributed by atoms with van der Waals surface area (Å²) in [6.07, 6.45) is 2.56. The molecule has 0 aromatic heterocycles. The number of hydrogen-bond acceptors (Lipinski definition) is 2. The standard InChI is InChI=1S/C13H15NO/c15-13-5-6-14-9-11-4-2-1-3-10(11)7-12(14)8-13/h1-4,12H,5-9H2/t12-/m0/s1. The van der Waals surface area contributed by atoms with Gasteiger partial charge in [0.15, 0.2) is 0 Å². The molecule has 1 atom stereocenters. The number of Topliss-reactive ketones (excluding diaryl/α,β-unsaturated/α-hetero) is 1. The zero-order valence-corrected chi connectivity index (χ0v) is 8.78. The van der Waals surface area contributed by atoms with Gasteiger partial charge in [-0.05, 0) is 17.5 Å². The number of hydrogen-bond donors (Lipinski definition) is 0. The summed E-state index contributed by atoms with van der Waals surface area (Å²) < 4.78 is 0. The first-order valence-electron chi connectivity index (χ1n) is 5.65. The van der Waals surface area contributed by atoms with Crippen molar-refractivity contribution in [3.8, 4) is 0 Å². The average Bonchev–Trinajstić information content (AvgIpc) is 2.26. The molecule has 0 radical (unpaired) electrons. The van der Waals surface area contributed by atoms with Gasteiger partial charge in [-0.2, -0.15) is 0 Å². The Morgan fingerprint density at radius 2 is 1.93 bits per heavy atom. The number of nitrogens with zero attached hydrogens (tertiary/aromatic N) is 1. The number of piperidine rings is 1. The number of ketones is 1. The van der Waals surface area contributed by atoms with E-state index in [9.17, 15) is 4.79 Å². The minimum atomic E-state index is 0.440. The summed E-state index contributed by atoms with van der Waals surface area (Å²) in [4.78, 5) is 13.9. The maximum Gasteiger partial charge on any atom is 0.135 e. The predicted molar refractivity (Wildman–Crippen MR) is 58.6 cm³/mol. The van der Waals surface area contributed by atoms with E-state index in [0.717, 1.165) is 32.4 Å². The SMILES string of the molecule is O=C1CCN2Cc3ccccc3C[C@H]2C1. The highest BCUT2D eigenvalue weighted by Crippen LogP contribution is 2.27. The molecule has 0 aliphatic carbocycles. The maximum atomic E-state index is 11.4. The van der Waals surface area contributed by atoms with Crippen molar-refractivity contribution in [1.29, 1.82) is 0 Å². The van der Waals surface area contributed by atoms with E-state index >= 15 is 0 Å². The van der Waals surface area contributed by atoms with Gasteiger partial charge in [0.1, 0.15) is 5.78 Å². The van der Waals surface area contributed by atoms with Crippen LogP contribution in [0.25, 0.3) is 0 Å².